The van der Waals surface area contributed by atoms with E-state index in [4.69, 9.17) is 16.3 Å². The van der Waals surface area contributed by atoms with Crippen LogP contribution in [0.4, 0.5) is 0 Å². The van der Waals surface area contributed by atoms with E-state index in [9.17, 15) is 18.0 Å². The second-order valence-electron chi connectivity index (χ2n) is 6.50. The first-order valence-corrected chi connectivity index (χ1v) is 10.7. The lowest BCUT2D eigenvalue weighted by molar-refractivity contribution is 0.0319. The summed E-state index contributed by atoms with van der Waals surface area (Å²) in [4.78, 5) is 28.5. The number of hydrogen-bond acceptors (Lipinski definition) is 5. The molecule has 1 unspecified atom stereocenters. The molecule has 0 bridgehead atoms. The van der Waals surface area contributed by atoms with E-state index in [2.05, 4.69) is 4.98 Å². The first kappa shape index (κ1) is 20.1. The number of ether oxygens (including phenoxy) is 1. The second-order valence-corrected chi connectivity index (χ2v) is 8.92. The van der Waals surface area contributed by atoms with Crippen molar-refractivity contribution in [3.8, 4) is 0 Å². The molecule has 0 fully saturated rings. The highest BCUT2D eigenvalue weighted by molar-refractivity contribution is 7.90. The van der Waals surface area contributed by atoms with Crippen LogP contribution in [0.15, 0.2) is 47.4 Å². The zero-order valence-corrected chi connectivity index (χ0v) is 17.0. The normalized spacial score (nSPS) is 12.7. The molecule has 1 atom stereocenters. The van der Waals surface area contributed by atoms with Crippen molar-refractivity contribution in [3.63, 3.8) is 0 Å². The molecule has 6 nitrogen and oxygen atoms in total. The van der Waals surface area contributed by atoms with Crippen LogP contribution in [0.25, 0.3) is 10.9 Å². The van der Waals surface area contributed by atoms with Gasteiger partial charge in [-0.1, -0.05) is 29.8 Å². The van der Waals surface area contributed by atoms with Crippen LogP contribution in [0, 0.1) is 6.92 Å². The van der Waals surface area contributed by atoms with Crippen LogP contribution >= 0.6 is 11.6 Å². The number of esters is 1. The van der Waals surface area contributed by atoms with Crippen LogP contribution in [0.1, 0.15) is 33.3 Å². The molecule has 3 aromatic rings. The zero-order chi connectivity index (χ0) is 20.6. The molecule has 1 N–H and O–H groups in total. The quantitative estimate of drug-likeness (QED) is 0.499. The summed E-state index contributed by atoms with van der Waals surface area (Å²) >= 11 is 6.02. The fraction of sp³-hybridized carbons (Fsp3) is 0.200. The average Bonchev–Trinajstić information content (AvgIpc) is 2.95. The van der Waals surface area contributed by atoms with Gasteiger partial charge in [0, 0.05) is 28.4 Å². The minimum absolute atomic E-state index is 0.0420. The largest absolute Gasteiger partial charge is 0.451 e. The third-order valence-corrected chi connectivity index (χ3v) is 5.82. The van der Waals surface area contributed by atoms with E-state index >= 15 is 0 Å². The van der Waals surface area contributed by atoms with Crippen LogP contribution in [-0.2, 0) is 14.6 Å². The van der Waals surface area contributed by atoms with Crippen LogP contribution in [0.5, 0.6) is 0 Å². The molecule has 146 valence electrons. The van der Waals surface area contributed by atoms with Gasteiger partial charge < -0.3 is 9.72 Å². The van der Waals surface area contributed by atoms with E-state index < -0.39 is 21.9 Å². The number of fused-ring (bicyclic) bond motifs is 1. The molecule has 0 saturated carbocycles. The van der Waals surface area contributed by atoms with E-state index in [0.29, 0.717) is 11.3 Å². The van der Waals surface area contributed by atoms with Gasteiger partial charge in [0.2, 0.25) is 5.78 Å². The first-order valence-electron chi connectivity index (χ1n) is 8.41. The van der Waals surface area contributed by atoms with Crippen molar-refractivity contribution in [2.45, 2.75) is 24.8 Å². The van der Waals surface area contributed by atoms with Crippen molar-refractivity contribution in [2.24, 2.45) is 0 Å². The number of benzene rings is 2. The summed E-state index contributed by atoms with van der Waals surface area (Å²) in [5.74, 6) is -1.23. The van der Waals surface area contributed by atoms with Crippen molar-refractivity contribution >= 4 is 44.1 Å². The predicted octanol–water partition coefficient (Wildman–Crippen LogP) is 3.96. The maximum Gasteiger partial charge on any atom is 0.340 e. The summed E-state index contributed by atoms with van der Waals surface area (Å²) in [5.41, 5.74) is 1.82. The van der Waals surface area contributed by atoms with Gasteiger partial charge in [0.1, 0.15) is 0 Å². The number of sulfone groups is 1. The Labute approximate surface area is 167 Å². The highest BCUT2D eigenvalue weighted by Gasteiger charge is 2.26. The van der Waals surface area contributed by atoms with E-state index in [-0.39, 0.29) is 21.3 Å². The predicted molar refractivity (Wildman–Crippen MR) is 107 cm³/mol. The SMILES string of the molecule is Cc1[nH]c2ccccc2c1C(=O)C(C)OC(=O)c1cc(S(C)(=O)=O)ccc1Cl. The molecule has 0 radical (unpaired) electrons. The minimum Gasteiger partial charge on any atom is -0.451 e. The molecule has 3 rings (SSSR count). The summed E-state index contributed by atoms with van der Waals surface area (Å²) in [6.07, 6.45) is -0.0551. The Hall–Kier alpha value is -2.64. The number of aromatic nitrogens is 1. The Morgan fingerprint density at radius 1 is 1.14 bits per heavy atom. The van der Waals surface area contributed by atoms with Crippen LogP contribution in [0.3, 0.4) is 0 Å². The van der Waals surface area contributed by atoms with Gasteiger partial charge in [-0.3, -0.25) is 4.79 Å². The molecule has 1 aromatic heterocycles. The molecule has 28 heavy (non-hydrogen) atoms. The number of aromatic amines is 1. The van der Waals surface area contributed by atoms with Gasteiger partial charge in [0.15, 0.2) is 15.9 Å². The zero-order valence-electron chi connectivity index (χ0n) is 15.4. The lowest BCUT2D eigenvalue weighted by Crippen LogP contribution is -2.25. The van der Waals surface area contributed by atoms with Crippen LogP contribution in [0.2, 0.25) is 5.02 Å². The van der Waals surface area contributed by atoms with E-state index in [1.54, 1.807) is 6.92 Å². The number of halogens is 1. The molecule has 0 aliphatic heterocycles. The monoisotopic (exact) mass is 419 g/mol. The summed E-state index contributed by atoms with van der Waals surface area (Å²) < 4.78 is 28.7. The lowest BCUT2D eigenvalue weighted by Gasteiger charge is -2.14. The Morgan fingerprint density at radius 3 is 2.50 bits per heavy atom. The van der Waals surface area contributed by atoms with Crippen LogP contribution in [-0.4, -0.2) is 37.5 Å². The highest BCUT2D eigenvalue weighted by Crippen LogP contribution is 2.25. The van der Waals surface area contributed by atoms with Crippen molar-refractivity contribution in [1.29, 1.82) is 0 Å². The number of aryl methyl sites for hydroxylation is 1. The van der Waals surface area contributed by atoms with Crippen LogP contribution < -0.4 is 0 Å². The Kier molecular flexibility index (Phi) is 5.32. The molecule has 0 spiro atoms. The van der Waals surface area contributed by atoms with Gasteiger partial charge in [0.05, 0.1) is 15.5 Å². The summed E-state index contributed by atoms with van der Waals surface area (Å²) in [5, 5.41) is 0.783. The Balaban J connectivity index is 1.88. The molecule has 2 aromatic carbocycles. The van der Waals surface area contributed by atoms with E-state index in [0.717, 1.165) is 23.2 Å². The molecule has 0 saturated heterocycles. The molecule has 0 aliphatic rings. The minimum atomic E-state index is -3.52. The molecular formula is C20H18ClNO5S. The Bertz CT molecular complexity index is 1200. The lowest BCUT2D eigenvalue weighted by atomic mass is 10.0. The summed E-state index contributed by atoms with van der Waals surface area (Å²) in [6.45, 7) is 3.24. The van der Waals surface area contributed by atoms with E-state index in [1.165, 1.54) is 19.1 Å². The maximum absolute atomic E-state index is 12.9. The van der Waals surface area contributed by atoms with Gasteiger partial charge in [0.25, 0.3) is 0 Å². The van der Waals surface area contributed by atoms with Crippen molar-refractivity contribution in [1.82, 2.24) is 4.98 Å². The Morgan fingerprint density at radius 2 is 1.82 bits per heavy atom. The van der Waals surface area contributed by atoms with Gasteiger partial charge >= 0.3 is 5.97 Å². The summed E-state index contributed by atoms with van der Waals surface area (Å²) in [6, 6.07) is 11.1. The molecule has 0 aliphatic carbocycles. The highest BCUT2D eigenvalue weighted by atomic mass is 35.5. The van der Waals surface area contributed by atoms with Gasteiger partial charge in [-0.05, 0) is 38.1 Å². The fourth-order valence-corrected chi connectivity index (χ4v) is 3.81. The standard InChI is InChI=1S/C20H18ClNO5S/c1-11-18(14-6-4-5-7-17(14)22-11)19(23)12(2)27-20(24)15-10-13(28(3,25)26)8-9-16(15)21/h4-10,12,22H,1-3H3. The number of carbonyl (C=O) groups excluding carboxylic acids is 2. The van der Waals surface area contributed by atoms with Gasteiger partial charge in [-0.2, -0.15) is 0 Å². The number of para-hydroxylation sites is 1. The molecule has 8 heteroatoms. The average molecular weight is 420 g/mol. The smallest absolute Gasteiger partial charge is 0.340 e. The van der Waals surface area contributed by atoms with Crippen molar-refractivity contribution in [3.05, 3.63) is 64.3 Å². The van der Waals surface area contributed by atoms with Crippen molar-refractivity contribution < 1.29 is 22.7 Å². The van der Waals surface area contributed by atoms with E-state index in [1.807, 2.05) is 24.3 Å². The van der Waals surface area contributed by atoms with Crippen molar-refractivity contribution in [2.75, 3.05) is 6.26 Å². The third-order valence-electron chi connectivity index (χ3n) is 4.38. The number of carbonyl (C=O) groups is 2. The van der Waals surface area contributed by atoms with Gasteiger partial charge in [-0.15, -0.1) is 0 Å². The summed E-state index contributed by atoms with van der Waals surface area (Å²) in [7, 11) is -3.52. The topological polar surface area (TPSA) is 93.3 Å². The number of ketones is 1. The first-order chi connectivity index (χ1) is 13.1. The maximum atomic E-state index is 12.9. The molecule has 1 heterocycles. The third kappa shape index (κ3) is 3.81. The number of nitrogens with one attached hydrogen (secondary N) is 1. The molecule has 0 amide bonds. The number of H-pyrrole nitrogens is 1. The number of rotatable bonds is 5. The fourth-order valence-electron chi connectivity index (χ4n) is 2.97. The molecular weight excluding hydrogens is 402 g/mol. The number of hydrogen-bond donors (Lipinski definition) is 1. The van der Waals surface area contributed by atoms with Gasteiger partial charge in [-0.25, -0.2) is 13.2 Å². The second kappa shape index (κ2) is 7.41. The number of Topliss-reactive ketones (excluding diaryl/α,β-unsaturated/α-hetero) is 1.